The molecule has 1 aromatic carbocycles. The third kappa shape index (κ3) is 2.60. The predicted molar refractivity (Wildman–Crippen MR) is 73.6 cm³/mol. The van der Waals surface area contributed by atoms with E-state index in [4.69, 9.17) is 0 Å². The fraction of sp³-hybridized carbons (Fsp3) is 0.625. The lowest BCUT2D eigenvalue weighted by atomic mass is 9.76. The zero-order valence-corrected chi connectivity index (χ0v) is 11.4. The Labute approximate surface area is 110 Å². The van der Waals surface area contributed by atoms with E-state index in [1.54, 1.807) is 0 Å². The topological polar surface area (TPSA) is 40.5 Å². The summed E-state index contributed by atoms with van der Waals surface area (Å²) in [6.07, 6.45) is 4.51. The van der Waals surface area contributed by atoms with Crippen LogP contribution in [0.25, 0.3) is 0 Å². The number of hydrogen-bond donors (Lipinski definition) is 2. The van der Waals surface area contributed by atoms with E-state index >= 15 is 0 Å². The summed E-state index contributed by atoms with van der Waals surface area (Å²) >= 11 is 0. The van der Waals surface area contributed by atoms with Crippen molar-refractivity contribution < 1.29 is 10.2 Å². The molecule has 0 amide bonds. The second kappa shape index (κ2) is 5.41. The van der Waals surface area contributed by atoms with Crippen molar-refractivity contribution in [3.63, 3.8) is 0 Å². The highest BCUT2D eigenvalue weighted by molar-refractivity contribution is 5.36. The predicted octanol–water partition coefficient (Wildman–Crippen LogP) is 2.93. The molecule has 0 aromatic heterocycles. The minimum absolute atomic E-state index is 0.231. The van der Waals surface area contributed by atoms with Gasteiger partial charge in [-0.15, -0.1) is 0 Å². The fourth-order valence-electron chi connectivity index (χ4n) is 2.96. The Hall–Kier alpha value is -0.860. The van der Waals surface area contributed by atoms with Crippen LogP contribution in [0.4, 0.5) is 0 Å². The number of aliphatic hydroxyl groups excluding tert-OH is 1. The second-order valence-corrected chi connectivity index (χ2v) is 5.46. The minimum atomic E-state index is -0.725. The third-order valence-corrected chi connectivity index (χ3v) is 4.24. The average Bonchev–Trinajstić information content (AvgIpc) is 2.41. The first-order valence-corrected chi connectivity index (χ1v) is 7.11. The molecule has 0 heterocycles. The molecule has 2 N–H and O–H groups in total. The number of aryl methyl sites for hydroxylation is 2. The summed E-state index contributed by atoms with van der Waals surface area (Å²) in [7, 11) is 0. The Balaban J connectivity index is 2.32. The van der Waals surface area contributed by atoms with Gasteiger partial charge in [0.15, 0.2) is 0 Å². The van der Waals surface area contributed by atoms with Crippen molar-refractivity contribution in [1.82, 2.24) is 0 Å². The minimum Gasteiger partial charge on any atom is -0.393 e. The van der Waals surface area contributed by atoms with Crippen LogP contribution in [0, 0.1) is 0 Å². The molecule has 0 saturated heterocycles. The van der Waals surface area contributed by atoms with Gasteiger partial charge in [0.1, 0.15) is 0 Å². The molecule has 0 spiro atoms. The van der Waals surface area contributed by atoms with Crippen LogP contribution in [0.15, 0.2) is 18.2 Å². The van der Waals surface area contributed by atoms with Gasteiger partial charge in [-0.05, 0) is 55.2 Å². The largest absolute Gasteiger partial charge is 0.393 e. The fourth-order valence-corrected chi connectivity index (χ4v) is 2.96. The molecular formula is C16H24O2. The van der Waals surface area contributed by atoms with E-state index in [1.165, 1.54) is 11.1 Å². The number of aliphatic hydroxyl groups is 2. The summed E-state index contributed by atoms with van der Waals surface area (Å²) < 4.78 is 0. The van der Waals surface area contributed by atoms with E-state index in [2.05, 4.69) is 32.0 Å². The van der Waals surface area contributed by atoms with Gasteiger partial charge >= 0.3 is 0 Å². The maximum atomic E-state index is 10.8. The van der Waals surface area contributed by atoms with E-state index in [1.807, 2.05) is 0 Å². The molecule has 0 unspecified atom stereocenters. The van der Waals surface area contributed by atoms with Crippen LogP contribution in [0.2, 0.25) is 0 Å². The number of hydrogen-bond acceptors (Lipinski definition) is 2. The Kier molecular flexibility index (Phi) is 4.08. The first kappa shape index (κ1) is 13.6. The van der Waals surface area contributed by atoms with Gasteiger partial charge in [-0.25, -0.2) is 0 Å². The standard InChI is InChI=1S/C16H24O2/c1-3-12-5-6-15(13(4-2)11-12)16(18)9-7-14(17)8-10-16/h5-6,11,14,17-18H,3-4,7-10H2,1-2H3. The molecule has 0 bridgehead atoms. The van der Waals surface area contributed by atoms with E-state index in [0.717, 1.165) is 18.4 Å². The van der Waals surface area contributed by atoms with Gasteiger partial charge in [0.05, 0.1) is 11.7 Å². The molecule has 2 nitrogen and oxygen atoms in total. The lowest BCUT2D eigenvalue weighted by molar-refractivity contribution is -0.0366. The van der Waals surface area contributed by atoms with Crippen molar-refractivity contribution in [1.29, 1.82) is 0 Å². The summed E-state index contributed by atoms with van der Waals surface area (Å²) in [4.78, 5) is 0. The van der Waals surface area contributed by atoms with Gasteiger partial charge in [0.2, 0.25) is 0 Å². The monoisotopic (exact) mass is 248 g/mol. The lowest BCUT2D eigenvalue weighted by Crippen LogP contribution is -2.34. The summed E-state index contributed by atoms with van der Waals surface area (Å²) in [6.45, 7) is 4.29. The molecular weight excluding hydrogens is 224 g/mol. The van der Waals surface area contributed by atoms with E-state index in [0.29, 0.717) is 25.7 Å². The summed E-state index contributed by atoms with van der Waals surface area (Å²) in [5.41, 5.74) is 2.94. The Morgan fingerprint density at radius 2 is 1.83 bits per heavy atom. The molecule has 18 heavy (non-hydrogen) atoms. The second-order valence-electron chi connectivity index (χ2n) is 5.46. The molecule has 2 rings (SSSR count). The van der Waals surface area contributed by atoms with Crippen LogP contribution in [0.5, 0.6) is 0 Å². The zero-order valence-electron chi connectivity index (χ0n) is 11.4. The van der Waals surface area contributed by atoms with Gasteiger partial charge < -0.3 is 10.2 Å². The molecule has 100 valence electrons. The molecule has 1 aliphatic carbocycles. The lowest BCUT2D eigenvalue weighted by Gasteiger charge is -2.36. The van der Waals surface area contributed by atoms with E-state index in [-0.39, 0.29) is 6.10 Å². The van der Waals surface area contributed by atoms with Crippen molar-refractivity contribution in [2.75, 3.05) is 0 Å². The zero-order chi connectivity index (χ0) is 13.2. The first-order chi connectivity index (χ1) is 8.59. The van der Waals surface area contributed by atoms with Gasteiger partial charge in [0, 0.05) is 0 Å². The summed E-state index contributed by atoms with van der Waals surface area (Å²) in [5, 5.41) is 20.4. The van der Waals surface area contributed by atoms with Crippen LogP contribution < -0.4 is 0 Å². The Morgan fingerprint density at radius 1 is 1.17 bits per heavy atom. The normalized spacial score (nSPS) is 28.3. The molecule has 2 heteroatoms. The number of rotatable bonds is 3. The van der Waals surface area contributed by atoms with Crippen LogP contribution in [0.3, 0.4) is 0 Å². The quantitative estimate of drug-likeness (QED) is 0.863. The van der Waals surface area contributed by atoms with Gasteiger partial charge in [-0.1, -0.05) is 32.0 Å². The molecule has 1 aromatic rings. The van der Waals surface area contributed by atoms with E-state index in [9.17, 15) is 10.2 Å². The first-order valence-electron chi connectivity index (χ1n) is 7.11. The third-order valence-electron chi connectivity index (χ3n) is 4.24. The van der Waals surface area contributed by atoms with Gasteiger partial charge in [-0.2, -0.15) is 0 Å². The maximum Gasteiger partial charge on any atom is 0.0901 e. The van der Waals surface area contributed by atoms with Crippen LogP contribution in [-0.2, 0) is 18.4 Å². The average molecular weight is 248 g/mol. The molecule has 1 fully saturated rings. The van der Waals surface area contributed by atoms with Crippen molar-refractivity contribution in [2.24, 2.45) is 0 Å². The highest BCUT2D eigenvalue weighted by Gasteiger charge is 2.35. The summed E-state index contributed by atoms with van der Waals surface area (Å²) in [5.74, 6) is 0. The van der Waals surface area contributed by atoms with Crippen molar-refractivity contribution in [3.8, 4) is 0 Å². The van der Waals surface area contributed by atoms with Crippen LogP contribution in [0.1, 0.15) is 56.2 Å². The Morgan fingerprint density at radius 3 is 2.39 bits per heavy atom. The maximum absolute atomic E-state index is 10.8. The van der Waals surface area contributed by atoms with E-state index < -0.39 is 5.60 Å². The highest BCUT2D eigenvalue weighted by atomic mass is 16.3. The highest BCUT2D eigenvalue weighted by Crippen LogP contribution is 2.39. The molecule has 1 aliphatic rings. The summed E-state index contributed by atoms with van der Waals surface area (Å²) in [6, 6.07) is 6.44. The Bertz CT molecular complexity index is 404. The molecule has 0 aliphatic heterocycles. The smallest absolute Gasteiger partial charge is 0.0901 e. The molecule has 0 atom stereocenters. The number of benzene rings is 1. The SMILES string of the molecule is CCc1ccc(C2(O)CCC(O)CC2)c(CC)c1. The van der Waals surface area contributed by atoms with Crippen molar-refractivity contribution in [2.45, 2.75) is 64.1 Å². The van der Waals surface area contributed by atoms with Gasteiger partial charge in [-0.3, -0.25) is 0 Å². The molecule has 1 saturated carbocycles. The van der Waals surface area contributed by atoms with Crippen LogP contribution in [-0.4, -0.2) is 16.3 Å². The van der Waals surface area contributed by atoms with Crippen molar-refractivity contribution >= 4 is 0 Å². The van der Waals surface area contributed by atoms with Crippen LogP contribution >= 0.6 is 0 Å². The van der Waals surface area contributed by atoms with Crippen molar-refractivity contribution in [3.05, 3.63) is 34.9 Å². The molecule has 0 radical (unpaired) electrons. The van der Waals surface area contributed by atoms with Gasteiger partial charge in [0.25, 0.3) is 0 Å².